The summed E-state index contributed by atoms with van der Waals surface area (Å²) in [6.45, 7) is 7.99. The molecule has 2 saturated heterocycles. The van der Waals surface area contributed by atoms with Crippen LogP contribution in [0.4, 0.5) is 11.4 Å². The van der Waals surface area contributed by atoms with Crippen LogP contribution in [0.3, 0.4) is 0 Å². The van der Waals surface area contributed by atoms with E-state index in [-0.39, 0.29) is 0 Å². The zero-order valence-electron chi connectivity index (χ0n) is 15.8. The Morgan fingerprint density at radius 2 is 1.81 bits per heavy atom. The van der Waals surface area contributed by atoms with E-state index in [1.807, 2.05) is 12.3 Å². The van der Waals surface area contributed by atoms with Gasteiger partial charge in [-0.3, -0.25) is 4.90 Å². The molecule has 5 heteroatoms. The fourth-order valence-corrected chi connectivity index (χ4v) is 4.37. The standard InChI is InChI=1S/C21H31N5/c1-24-12-14-25(15-13-24)19-6-10-26(11-7-19)21-3-2-18(22)16-20(21)17-4-8-23-9-5-17/h2-5,8,16,19,23H,6-7,9-15,22H2,1H3. The lowest BCUT2D eigenvalue weighted by molar-refractivity contribution is 0.0982. The van der Waals surface area contributed by atoms with Crippen molar-refractivity contribution in [1.29, 1.82) is 0 Å². The minimum atomic E-state index is 0.746. The van der Waals surface area contributed by atoms with Crippen molar-refractivity contribution in [3.05, 3.63) is 42.1 Å². The van der Waals surface area contributed by atoms with Crippen LogP contribution in [0.5, 0.6) is 0 Å². The SMILES string of the molecule is CN1CCN(C2CCN(c3ccc(N)cc3C3=CCNC=C3)CC2)CC1. The minimum absolute atomic E-state index is 0.746. The molecule has 1 aromatic carbocycles. The molecule has 3 aliphatic rings. The molecule has 0 radical (unpaired) electrons. The highest BCUT2D eigenvalue weighted by Crippen LogP contribution is 2.33. The number of rotatable bonds is 3. The predicted octanol–water partition coefficient (Wildman–Crippen LogP) is 1.99. The largest absolute Gasteiger partial charge is 0.399 e. The van der Waals surface area contributed by atoms with E-state index < -0.39 is 0 Å². The summed E-state index contributed by atoms with van der Waals surface area (Å²) in [5.74, 6) is 0. The van der Waals surface area contributed by atoms with Crippen molar-refractivity contribution in [3.8, 4) is 0 Å². The highest BCUT2D eigenvalue weighted by molar-refractivity contribution is 5.84. The summed E-state index contributed by atoms with van der Waals surface area (Å²) in [5, 5.41) is 3.23. The number of allylic oxidation sites excluding steroid dienone is 2. The average molecular weight is 354 g/mol. The lowest BCUT2D eigenvalue weighted by Crippen LogP contribution is -2.52. The first-order chi connectivity index (χ1) is 12.7. The Hall–Kier alpha value is -1.98. The van der Waals surface area contributed by atoms with Crippen LogP contribution in [0.25, 0.3) is 5.57 Å². The molecular weight excluding hydrogens is 322 g/mol. The van der Waals surface area contributed by atoms with E-state index >= 15 is 0 Å². The molecule has 26 heavy (non-hydrogen) atoms. The van der Waals surface area contributed by atoms with Crippen LogP contribution < -0.4 is 16.0 Å². The van der Waals surface area contributed by atoms with Crippen LogP contribution in [0.15, 0.2) is 36.6 Å². The quantitative estimate of drug-likeness (QED) is 0.814. The number of dihydropyridines is 1. The van der Waals surface area contributed by atoms with E-state index in [9.17, 15) is 0 Å². The predicted molar refractivity (Wildman–Crippen MR) is 110 cm³/mol. The van der Waals surface area contributed by atoms with Crippen molar-refractivity contribution in [2.75, 3.05) is 63.5 Å². The lowest BCUT2D eigenvalue weighted by atomic mass is 9.97. The van der Waals surface area contributed by atoms with Gasteiger partial charge in [-0.15, -0.1) is 0 Å². The Labute approximate surface area is 157 Å². The molecule has 5 nitrogen and oxygen atoms in total. The van der Waals surface area contributed by atoms with Crippen LogP contribution in [0.1, 0.15) is 18.4 Å². The smallest absolute Gasteiger partial charge is 0.0447 e. The monoisotopic (exact) mass is 353 g/mol. The summed E-state index contributed by atoms with van der Waals surface area (Å²) in [6, 6.07) is 7.12. The van der Waals surface area contributed by atoms with Crippen molar-refractivity contribution in [1.82, 2.24) is 15.1 Å². The van der Waals surface area contributed by atoms with Crippen LogP contribution in [0.2, 0.25) is 0 Å². The normalized spacial score (nSPS) is 23.0. The molecule has 2 fully saturated rings. The molecule has 0 aromatic heterocycles. The Balaban J connectivity index is 1.46. The summed E-state index contributed by atoms with van der Waals surface area (Å²) in [7, 11) is 2.23. The summed E-state index contributed by atoms with van der Waals surface area (Å²) in [4.78, 5) is 7.70. The number of likely N-dealkylation sites (N-methyl/N-ethyl adjacent to an activating group) is 1. The van der Waals surface area contributed by atoms with E-state index in [0.717, 1.165) is 31.4 Å². The fourth-order valence-electron chi connectivity index (χ4n) is 4.37. The number of hydrogen-bond acceptors (Lipinski definition) is 5. The molecule has 0 atom stereocenters. The Kier molecular flexibility index (Phi) is 5.18. The first kappa shape index (κ1) is 17.4. The zero-order valence-corrected chi connectivity index (χ0v) is 15.8. The van der Waals surface area contributed by atoms with E-state index in [2.05, 4.69) is 51.3 Å². The maximum absolute atomic E-state index is 6.10. The van der Waals surface area contributed by atoms with Gasteiger partial charge in [0.15, 0.2) is 0 Å². The van der Waals surface area contributed by atoms with Crippen molar-refractivity contribution in [2.24, 2.45) is 0 Å². The van der Waals surface area contributed by atoms with Crippen molar-refractivity contribution < 1.29 is 0 Å². The number of piperazine rings is 1. The second-order valence-corrected chi connectivity index (χ2v) is 7.74. The van der Waals surface area contributed by atoms with Gasteiger partial charge in [0.25, 0.3) is 0 Å². The van der Waals surface area contributed by atoms with Gasteiger partial charge in [0.1, 0.15) is 0 Å². The van der Waals surface area contributed by atoms with Crippen molar-refractivity contribution in [3.63, 3.8) is 0 Å². The highest BCUT2D eigenvalue weighted by Gasteiger charge is 2.27. The summed E-state index contributed by atoms with van der Waals surface area (Å²) < 4.78 is 0. The molecule has 0 aliphatic carbocycles. The minimum Gasteiger partial charge on any atom is -0.399 e. The average Bonchev–Trinajstić information content (AvgIpc) is 2.69. The molecule has 0 amide bonds. The Bertz CT molecular complexity index is 680. The van der Waals surface area contributed by atoms with Crippen molar-refractivity contribution in [2.45, 2.75) is 18.9 Å². The van der Waals surface area contributed by atoms with E-state index in [4.69, 9.17) is 5.73 Å². The van der Waals surface area contributed by atoms with E-state index in [0.29, 0.717) is 0 Å². The number of piperidine rings is 1. The molecule has 3 heterocycles. The van der Waals surface area contributed by atoms with Crippen molar-refractivity contribution >= 4 is 16.9 Å². The highest BCUT2D eigenvalue weighted by atomic mass is 15.3. The number of benzene rings is 1. The third-order valence-corrected chi connectivity index (χ3v) is 6.01. The number of nitrogens with one attached hydrogen (secondary N) is 1. The molecule has 4 rings (SSSR count). The van der Waals surface area contributed by atoms with Gasteiger partial charge in [0.2, 0.25) is 0 Å². The van der Waals surface area contributed by atoms with Crippen LogP contribution >= 0.6 is 0 Å². The van der Waals surface area contributed by atoms with Gasteiger partial charge >= 0.3 is 0 Å². The molecular formula is C21H31N5. The second-order valence-electron chi connectivity index (χ2n) is 7.74. The van der Waals surface area contributed by atoms with Gasteiger partial charge < -0.3 is 20.9 Å². The summed E-state index contributed by atoms with van der Waals surface area (Å²) in [5.41, 5.74) is 10.8. The maximum Gasteiger partial charge on any atom is 0.0447 e. The molecule has 0 saturated carbocycles. The third-order valence-electron chi connectivity index (χ3n) is 6.01. The Morgan fingerprint density at radius 1 is 1.04 bits per heavy atom. The number of nitrogens with zero attached hydrogens (tertiary/aromatic N) is 3. The lowest BCUT2D eigenvalue weighted by Gasteiger charge is -2.43. The topological polar surface area (TPSA) is 47.8 Å². The van der Waals surface area contributed by atoms with E-state index in [1.165, 1.54) is 55.8 Å². The summed E-state index contributed by atoms with van der Waals surface area (Å²) in [6.07, 6.45) is 8.93. The van der Waals surface area contributed by atoms with Gasteiger partial charge in [0.05, 0.1) is 0 Å². The van der Waals surface area contributed by atoms with Crippen LogP contribution in [0, 0.1) is 0 Å². The first-order valence-electron chi connectivity index (χ1n) is 9.88. The molecule has 0 bridgehead atoms. The Morgan fingerprint density at radius 3 is 2.50 bits per heavy atom. The third kappa shape index (κ3) is 3.74. The molecule has 140 valence electrons. The van der Waals surface area contributed by atoms with Gasteiger partial charge in [-0.25, -0.2) is 0 Å². The van der Waals surface area contributed by atoms with Gasteiger partial charge in [-0.1, -0.05) is 6.08 Å². The van der Waals surface area contributed by atoms with Gasteiger partial charge in [0, 0.05) is 68.8 Å². The van der Waals surface area contributed by atoms with Crippen LogP contribution in [-0.4, -0.2) is 68.7 Å². The number of anilines is 2. The summed E-state index contributed by atoms with van der Waals surface area (Å²) >= 11 is 0. The van der Waals surface area contributed by atoms with Crippen LogP contribution in [-0.2, 0) is 0 Å². The van der Waals surface area contributed by atoms with Gasteiger partial charge in [-0.05, 0) is 55.9 Å². The zero-order chi connectivity index (χ0) is 17.9. The molecule has 3 aliphatic heterocycles. The first-order valence-corrected chi connectivity index (χ1v) is 9.88. The molecule has 0 spiro atoms. The second kappa shape index (κ2) is 7.72. The van der Waals surface area contributed by atoms with E-state index in [1.54, 1.807) is 0 Å². The molecule has 0 unspecified atom stereocenters. The van der Waals surface area contributed by atoms with Gasteiger partial charge in [-0.2, -0.15) is 0 Å². The molecule has 1 aromatic rings. The fraction of sp³-hybridized carbons (Fsp3) is 0.524. The maximum atomic E-state index is 6.10. The number of nitrogen functional groups attached to an aromatic ring is 1. The molecule has 3 N–H and O–H groups in total. The number of hydrogen-bond donors (Lipinski definition) is 2. The number of nitrogens with two attached hydrogens (primary N) is 1.